The van der Waals surface area contributed by atoms with Crippen molar-refractivity contribution in [2.24, 2.45) is 5.10 Å². The van der Waals surface area contributed by atoms with Gasteiger partial charge in [0.05, 0.1) is 5.71 Å². The van der Waals surface area contributed by atoms with Crippen molar-refractivity contribution >= 4 is 23.2 Å². The SMILES string of the molecule is CCCc1ccc(C(C)=NNC(=O)C(C)Oc2ccc(Cl)cc2C)cc1. The molecule has 0 aliphatic carbocycles. The van der Waals surface area contributed by atoms with Crippen LogP contribution in [0.1, 0.15) is 43.9 Å². The first-order valence-corrected chi connectivity index (χ1v) is 9.14. The Morgan fingerprint density at radius 1 is 1.23 bits per heavy atom. The minimum absolute atomic E-state index is 0.304. The van der Waals surface area contributed by atoms with Gasteiger partial charge in [-0.2, -0.15) is 5.10 Å². The fraction of sp³-hybridized carbons (Fsp3) is 0.333. The van der Waals surface area contributed by atoms with Crippen LogP contribution in [0.2, 0.25) is 5.02 Å². The topological polar surface area (TPSA) is 50.7 Å². The molecule has 4 nitrogen and oxygen atoms in total. The number of carbonyl (C=O) groups is 1. The number of ether oxygens (including phenoxy) is 1. The van der Waals surface area contributed by atoms with Gasteiger partial charge in [0.25, 0.3) is 5.91 Å². The van der Waals surface area contributed by atoms with Crippen molar-refractivity contribution in [1.82, 2.24) is 5.43 Å². The maximum absolute atomic E-state index is 12.2. The maximum atomic E-state index is 12.2. The fourth-order valence-electron chi connectivity index (χ4n) is 2.48. The Morgan fingerprint density at radius 3 is 2.54 bits per heavy atom. The summed E-state index contributed by atoms with van der Waals surface area (Å²) in [6.45, 7) is 7.60. The summed E-state index contributed by atoms with van der Waals surface area (Å²) in [5.41, 5.74) is 6.47. The van der Waals surface area contributed by atoms with Gasteiger partial charge in [-0.15, -0.1) is 0 Å². The van der Waals surface area contributed by atoms with Gasteiger partial charge in [-0.1, -0.05) is 49.2 Å². The van der Waals surface area contributed by atoms with E-state index >= 15 is 0 Å². The Morgan fingerprint density at radius 2 is 1.92 bits per heavy atom. The van der Waals surface area contributed by atoms with E-state index in [0.29, 0.717) is 10.8 Å². The molecule has 2 rings (SSSR count). The summed E-state index contributed by atoms with van der Waals surface area (Å²) in [6.07, 6.45) is 1.51. The second-order valence-electron chi connectivity index (χ2n) is 6.29. The standard InChI is InChI=1S/C21H25ClN2O2/c1-5-6-17-7-9-18(10-8-17)15(3)23-24-21(25)16(4)26-20-12-11-19(22)13-14(20)2/h7-13,16H,5-6H2,1-4H3,(H,24,25). The van der Waals surface area contributed by atoms with E-state index in [4.69, 9.17) is 16.3 Å². The number of carbonyl (C=O) groups excluding carboxylic acids is 1. The Kier molecular flexibility index (Phi) is 7.22. The number of nitrogens with zero attached hydrogens (tertiary/aromatic N) is 1. The number of hydrogen-bond acceptors (Lipinski definition) is 3. The Labute approximate surface area is 160 Å². The van der Waals surface area contributed by atoms with Crippen LogP contribution in [0.15, 0.2) is 47.6 Å². The van der Waals surface area contributed by atoms with E-state index in [2.05, 4.69) is 29.6 Å². The molecule has 0 spiro atoms. The molecule has 0 saturated carbocycles. The highest BCUT2D eigenvalue weighted by Gasteiger charge is 2.15. The van der Waals surface area contributed by atoms with Crippen LogP contribution in [-0.4, -0.2) is 17.7 Å². The van der Waals surface area contributed by atoms with Gasteiger partial charge in [-0.05, 0) is 62.1 Å². The average Bonchev–Trinajstić information content (AvgIpc) is 2.62. The minimum atomic E-state index is -0.668. The molecule has 0 saturated heterocycles. The van der Waals surface area contributed by atoms with Gasteiger partial charge in [0.15, 0.2) is 6.10 Å². The minimum Gasteiger partial charge on any atom is -0.481 e. The molecule has 5 heteroatoms. The largest absolute Gasteiger partial charge is 0.481 e. The van der Waals surface area contributed by atoms with Gasteiger partial charge in [0.2, 0.25) is 0 Å². The number of amides is 1. The van der Waals surface area contributed by atoms with Crippen LogP contribution >= 0.6 is 11.6 Å². The number of hydrazone groups is 1. The van der Waals surface area contributed by atoms with Crippen LogP contribution in [0.4, 0.5) is 0 Å². The van der Waals surface area contributed by atoms with Crippen molar-refractivity contribution < 1.29 is 9.53 Å². The van der Waals surface area contributed by atoms with E-state index in [1.54, 1.807) is 25.1 Å². The first kappa shape index (κ1) is 20.0. The summed E-state index contributed by atoms with van der Waals surface area (Å²) in [7, 11) is 0. The first-order chi connectivity index (χ1) is 12.4. The third-order valence-electron chi connectivity index (χ3n) is 4.05. The van der Waals surface area contributed by atoms with Crippen molar-refractivity contribution in [3.05, 3.63) is 64.2 Å². The summed E-state index contributed by atoms with van der Waals surface area (Å²) < 4.78 is 5.70. The zero-order chi connectivity index (χ0) is 19.1. The lowest BCUT2D eigenvalue weighted by molar-refractivity contribution is -0.127. The van der Waals surface area contributed by atoms with Crippen molar-refractivity contribution in [2.75, 3.05) is 0 Å². The highest BCUT2D eigenvalue weighted by molar-refractivity contribution is 6.30. The van der Waals surface area contributed by atoms with E-state index in [1.807, 2.05) is 26.0 Å². The summed E-state index contributed by atoms with van der Waals surface area (Å²) >= 11 is 5.93. The predicted molar refractivity (Wildman–Crippen MR) is 107 cm³/mol. The predicted octanol–water partition coefficient (Wildman–Crippen LogP) is 4.91. The van der Waals surface area contributed by atoms with E-state index in [9.17, 15) is 4.79 Å². The average molecular weight is 373 g/mol. The molecule has 2 aromatic carbocycles. The Balaban J connectivity index is 1.96. The molecule has 0 aliphatic heterocycles. The highest BCUT2D eigenvalue weighted by atomic mass is 35.5. The summed E-state index contributed by atoms with van der Waals surface area (Å²) in [5.74, 6) is 0.325. The molecular weight excluding hydrogens is 348 g/mol. The third-order valence-corrected chi connectivity index (χ3v) is 4.29. The number of nitrogens with one attached hydrogen (secondary N) is 1. The normalized spacial score (nSPS) is 12.6. The molecule has 2 aromatic rings. The lowest BCUT2D eigenvalue weighted by Crippen LogP contribution is -2.34. The number of hydrogen-bond donors (Lipinski definition) is 1. The van der Waals surface area contributed by atoms with Gasteiger partial charge < -0.3 is 4.74 Å². The van der Waals surface area contributed by atoms with Crippen LogP contribution < -0.4 is 10.2 Å². The molecule has 0 bridgehead atoms. The lowest BCUT2D eigenvalue weighted by Gasteiger charge is -2.15. The molecule has 0 aromatic heterocycles. The van der Waals surface area contributed by atoms with E-state index in [1.165, 1.54) is 5.56 Å². The summed E-state index contributed by atoms with van der Waals surface area (Å²) in [6, 6.07) is 13.5. The number of aryl methyl sites for hydroxylation is 2. The second-order valence-corrected chi connectivity index (χ2v) is 6.73. The van der Waals surface area contributed by atoms with E-state index in [0.717, 1.165) is 29.7 Å². The van der Waals surface area contributed by atoms with E-state index < -0.39 is 6.10 Å². The van der Waals surface area contributed by atoms with Gasteiger partial charge >= 0.3 is 0 Å². The molecule has 0 aliphatic rings. The van der Waals surface area contributed by atoms with Crippen LogP contribution in [-0.2, 0) is 11.2 Å². The van der Waals surface area contributed by atoms with Crippen molar-refractivity contribution in [3.63, 3.8) is 0 Å². The van der Waals surface area contributed by atoms with Gasteiger partial charge in [-0.25, -0.2) is 5.43 Å². The second kappa shape index (κ2) is 9.39. The Bertz CT molecular complexity index is 785. The van der Waals surface area contributed by atoms with Crippen molar-refractivity contribution in [2.45, 2.75) is 46.6 Å². The third kappa shape index (κ3) is 5.60. The quantitative estimate of drug-likeness (QED) is 0.554. The smallest absolute Gasteiger partial charge is 0.280 e. The maximum Gasteiger partial charge on any atom is 0.280 e. The number of rotatable bonds is 7. The molecule has 1 atom stereocenters. The number of halogens is 1. The summed E-state index contributed by atoms with van der Waals surface area (Å²) in [4.78, 5) is 12.2. The molecular formula is C21H25ClN2O2. The molecule has 138 valence electrons. The van der Waals surface area contributed by atoms with Crippen LogP contribution in [0.25, 0.3) is 0 Å². The fourth-order valence-corrected chi connectivity index (χ4v) is 2.71. The number of benzene rings is 2. The van der Waals surface area contributed by atoms with Crippen LogP contribution in [0, 0.1) is 6.92 Å². The van der Waals surface area contributed by atoms with Crippen molar-refractivity contribution in [1.29, 1.82) is 0 Å². The van der Waals surface area contributed by atoms with Gasteiger partial charge in [-0.3, -0.25) is 4.79 Å². The molecule has 0 radical (unpaired) electrons. The van der Waals surface area contributed by atoms with E-state index in [-0.39, 0.29) is 5.91 Å². The highest BCUT2D eigenvalue weighted by Crippen LogP contribution is 2.22. The monoisotopic (exact) mass is 372 g/mol. The molecule has 1 N–H and O–H groups in total. The Hall–Kier alpha value is -2.33. The zero-order valence-corrected chi connectivity index (χ0v) is 16.4. The lowest BCUT2D eigenvalue weighted by atomic mass is 10.1. The van der Waals surface area contributed by atoms with Crippen LogP contribution in [0.3, 0.4) is 0 Å². The van der Waals surface area contributed by atoms with Gasteiger partial charge in [0, 0.05) is 5.02 Å². The van der Waals surface area contributed by atoms with Crippen LogP contribution in [0.5, 0.6) is 5.75 Å². The zero-order valence-electron chi connectivity index (χ0n) is 15.7. The molecule has 0 fully saturated rings. The molecule has 1 amide bonds. The van der Waals surface area contributed by atoms with Crippen molar-refractivity contribution in [3.8, 4) is 5.75 Å². The molecule has 1 unspecified atom stereocenters. The molecule has 0 heterocycles. The molecule has 26 heavy (non-hydrogen) atoms. The first-order valence-electron chi connectivity index (χ1n) is 8.77. The summed E-state index contributed by atoms with van der Waals surface area (Å²) in [5, 5.41) is 4.82. The van der Waals surface area contributed by atoms with Gasteiger partial charge in [0.1, 0.15) is 5.75 Å².